The van der Waals surface area contributed by atoms with Crippen LogP contribution >= 0.6 is 12.8 Å². The van der Waals surface area contributed by atoms with Gasteiger partial charge in [0.1, 0.15) is 0 Å². The van der Waals surface area contributed by atoms with Crippen LogP contribution in [-0.4, -0.2) is 22.9 Å². The Hall–Kier alpha value is -0.755. The standard InChI is InChI=1S/C16H25BN2O3S/c1-9-10(2)16(5)15(9,4)21-17(22-16)13-8-19(6)14(20)7-12(13)11(3)18-23/h7-11,18,23H,1-6H3/t9-,10?,11-,15?,16?/m0/s1. The van der Waals surface area contributed by atoms with E-state index in [0.29, 0.717) is 11.8 Å². The Morgan fingerprint density at radius 1 is 1.30 bits per heavy atom. The Morgan fingerprint density at radius 3 is 2.30 bits per heavy atom. The summed E-state index contributed by atoms with van der Waals surface area (Å²) in [5.74, 6) is 0.850. The summed E-state index contributed by atoms with van der Waals surface area (Å²) in [5.41, 5.74) is 1.08. The van der Waals surface area contributed by atoms with E-state index in [0.717, 1.165) is 11.0 Å². The van der Waals surface area contributed by atoms with Gasteiger partial charge in [-0.15, -0.1) is 0 Å². The molecule has 3 rings (SSSR count). The molecule has 5 nitrogen and oxygen atoms in total. The Balaban J connectivity index is 2.04. The van der Waals surface area contributed by atoms with Crippen LogP contribution in [0.1, 0.15) is 46.2 Å². The van der Waals surface area contributed by atoms with Gasteiger partial charge in [-0.25, -0.2) is 0 Å². The second-order valence-electron chi connectivity index (χ2n) is 7.34. The summed E-state index contributed by atoms with van der Waals surface area (Å²) in [6.45, 7) is 10.6. The monoisotopic (exact) mass is 336 g/mol. The summed E-state index contributed by atoms with van der Waals surface area (Å²) in [7, 11) is 1.27. The molecule has 0 bridgehead atoms. The van der Waals surface area contributed by atoms with Gasteiger partial charge in [-0.1, -0.05) is 26.7 Å². The predicted octanol–water partition coefficient (Wildman–Crippen LogP) is 1.43. The third-order valence-corrected chi connectivity index (χ3v) is 6.77. The quantitative estimate of drug-likeness (QED) is 0.648. The number of nitrogens with zero attached hydrogens (tertiary/aromatic N) is 1. The summed E-state index contributed by atoms with van der Waals surface area (Å²) in [6, 6.07) is 1.55. The zero-order valence-corrected chi connectivity index (χ0v) is 15.5. The largest absolute Gasteiger partial charge is 0.496 e. The molecule has 0 aromatic carbocycles. The minimum Gasteiger partial charge on any atom is -0.399 e. The van der Waals surface area contributed by atoms with Crippen LogP contribution in [0.5, 0.6) is 0 Å². The normalized spacial score (nSPS) is 37.4. The summed E-state index contributed by atoms with van der Waals surface area (Å²) in [6.07, 6.45) is 1.82. The van der Waals surface area contributed by atoms with Crippen LogP contribution in [0.15, 0.2) is 17.1 Å². The molecule has 126 valence electrons. The maximum atomic E-state index is 12.0. The van der Waals surface area contributed by atoms with E-state index in [4.69, 9.17) is 9.31 Å². The van der Waals surface area contributed by atoms with Crippen molar-refractivity contribution in [2.45, 2.75) is 51.9 Å². The van der Waals surface area contributed by atoms with Gasteiger partial charge in [-0.3, -0.25) is 9.52 Å². The fraction of sp³-hybridized carbons (Fsp3) is 0.688. The second kappa shape index (κ2) is 5.38. The van der Waals surface area contributed by atoms with Gasteiger partial charge < -0.3 is 13.9 Å². The maximum absolute atomic E-state index is 12.0. The average molecular weight is 336 g/mol. The first kappa shape index (κ1) is 17.1. The van der Waals surface area contributed by atoms with Crippen molar-refractivity contribution in [1.82, 2.24) is 9.29 Å². The molecular weight excluding hydrogens is 311 g/mol. The lowest BCUT2D eigenvalue weighted by atomic mass is 9.53. The highest BCUT2D eigenvalue weighted by atomic mass is 32.1. The van der Waals surface area contributed by atoms with Gasteiger partial charge in [0.15, 0.2) is 0 Å². The number of fused-ring (bicyclic) bond motifs is 1. The van der Waals surface area contributed by atoms with E-state index in [1.807, 2.05) is 13.1 Å². The van der Waals surface area contributed by atoms with Gasteiger partial charge in [0.25, 0.3) is 5.56 Å². The highest BCUT2D eigenvalue weighted by Gasteiger charge is 2.71. The van der Waals surface area contributed by atoms with E-state index >= 15 is 0 Å². The highest BCUT2D eigenvalue weighted by Crippen LogP contribution is 2.59. The van der Waals surface area contributed by atoms with Crippen LogP contribution in [0.2, 0.25) is 0 Å². The molecule has 0 radical (unpaired) electrons. The van der Waals surface area contributed by atoms with Gasteiger partial charge in [0, 0.05) is 30.8 Å². The van der Waals surface area contributed by atoms with Crippen molar-refractivity contribution >= 4 is 25.4 Å². The lowest BCUT2D eigenvalue weighted by molar-refractivity contribution is -0.202. The number of rotatable bonds is 3. The Kier molecular flexibility index (Phi) is 3.99. The molecule has 3 unspecified atom stereocenters. The van der Waals surface area contributed by atoms with Gasteiger partial charge in [-0.05, 0) is 38.2 Å². The van der Waals surface area contributed by atoms with Crippen LogP contribution < -0.4 is 15.7 Å². The van der Waals surface area contributed by atoms with E-state index in [9.17, 15) is 4.79 Å². The van der Waals surface area contributed by atoms with Crippen LogP contribution in [0.4, 0.5) is 0 Å². The third-order valence-electron chi connectivity index (χ3n) is 6.38. The van der Waals surface area contributed by atoms with Crippen LogP contribution in [-0.2, 0) is 16.4 Å². The minimum atomic E-state index is -0.469. The number of hydrogen-bond donors (Lipinski definition) is 2. The lowest BCUT2D eigenvalue weighted by Crippen LogP contribution is -2.69. The first-order valence-corrected chi connectivity index (χ1v) is 8.56. The number of thiol groups is 1. The molecule has 1 aliphatic carbocycles. The number of aromatic nitrogens is 1. The lowest BCUT2D eigenvalue weighted by Gasteiger charge is -2.60. The van der Waals surface area contributed by atoms with E-state index < -0.39 is 7.12 Å². The molecule has 1 N–H and O–H groups in total. The van der Waals surface area contributed by atoms with Gasteiger partial charge >= 0.3 is 7.12 Å². The molecule has 7 heteroatoms. The zero-order chi connectivity index (χ0) is 17.2. The number of pyridine rings is 1. The van der Waals surface area contributed by atoms with Gasteiger partial charge in [0.05, 0.1) is 11.2 Å². The van der Waals surface area contributed by atoms with Crippen molar-refractivity contribution in [3.63, 3.8) is 0 Å². The van der Waals surface area contributed by atoms with E-state index in [1.165, 1.54) is 0 Å². The summed E-state index contributed by atoms with van der Waals surface area (Å²) >= 11 is 4.15. The molecule has 1 aromatic heterocycles. The molecule has 2 fully saturated rings. The zero-order valence-electron chi connectivity index (χ0n) is 14.6. The smallest absolute Gasteiger partial charge is 0.399 e. The molecule has 1 saturated carbocycles. The average Bonchev–Trinajstić information content (AvgIpc) is 2.78. The first-order chi connectivity index (χ1) is 10.7. The van der Waals surface area contributed by atoms with E-state index in [-0.39, 0.29) is 22.8 Å². The molecule has 23 heavy (non-hydrogen) atoms. The van der Waals surface area contributed by atoms with E-state index in [2.05, 4.69) is 45.2 Å². The maximum Gasteiger partial charge on any atom is 0.496 e. The van der Waals surface area contributed by atoms with Crippen molar-refractivity contribution in [2.24, 2.45) is 18.9 Å². The molecule has 0 amide bonds. The SMILES string of the molecule is CC1[C@H](C)C2(C)OB(c3cn(C)c(=O)cc3[C@H](C)NS)OC12C. The summed E-state index contributed by atoms with van der Waals surface area (Å²) in [4.78, 5) is 12.0. The van der Waals surface area contributed by atoms with Crippen molar-refractivity contribution in [3.05, 3.63) is 28.2 Å². The highest BCUT2D eigenvalue weighted by molar-refractivity contribution is 7.78. The van der Waals surface area contributed by atoms with Gasteiger partial charge in [0.2, 0.25) is 0 Å². The Bertz CT molecular complexity index is 674. The second-order valence-corrected chi connectivity index (χ2v) is 7.60. The molecule has 5 atom stereocenters. The topological polar surface area (TPSA) is 52.5 Å². The fourth-order valence-electron chi connectivity index (χ4n) is 4.11. The molecular formula is C16H25BN2O3S. The third kappa shape index (κ3) is 2.17. The number of aryl methyl sites for hydroxylation is 1. The Labute approximate surface area is 143 Å². The van der Waals surface area contributed by atoms with Crippen molar-refractivity contribution in [2.75, 3.05) is 0 Å². The van der Waals surface area contributed by atoms with Crippen LogP contribution in [0.25, 0.3) is 0 Å². The molecule has 1 saturated heterocycles. The predicted molar refractivity (Wildman–Crippen MR) is 94.9 cm³/mol. The Morgan fingerprint density at radius 2 is 1.83 bits per heavy atom. The van der Waals surface area contributed by atoms with Crippen molar-refractivity contribution in [1.29, 1.82) is 0 Å². The first-order valence-electron chi connectivity index (χ1n) is 8.11. The van der Waals surface area contributed by atoms with Crippen molar-refractivity contribution < 1.29 is 9.31 Å². The fourth-order valence-corrected chi connectivity index (χ4v) is 4.25. The number of hydrogen-bond acceptors (Lipinski definition) is 5. The van der Waals surface area contributed by atoms with Crippen LogP contribution in [0.3, 0.4) is 0 Å². The molecule has 0 spiro atoms. The molecule has 2 heterocycles. The number of nitrogens with one attached hydrogen (secondary N) is 1. The summed E-state index contributed by atoms with van der Waals surface area (Å²) in [5, 5.41) is 0. The molecule has 1 aliphatic heterocycles. The van der Waals surface area contributed by atoms with Gasteiger partial charge in [-0.2, -0.15) is 0 Å². The summed E-state index contributed by atoms with van der Waals surface area (Å²) < 4.78 is 17.2. The minimum absolute atomic E-state index is 0.0562. The van der Waals surface area contributed by atoms with Crippen molar-refractivity contribution in [3.8, 4) is 0 Å². The molecule has 1 aromatic rings. The molecule has 2 aliphatic rings. The van der Waals surface area contributed by atoms with Crippen LogP contribution in [0, 0.1) is 11.8 Å². The van der Waals surface area contributed by atoms with E-state index in [1.54, 1.807) is 17.7 Å².